The van der Waals surface area contributed by atoms with E-state index < -0.39 is 0 Å². The molecular weight excluding hydrogens is 248 g/mol. The molecule has 94 valence electrons. The van der Waals surface area contributed by atoms with E-state index in [9.17, 15) is 0 Å². The zero-order chi connectivity index (χ0) is 12.4. The molecule has 2 aliphatic rings. The number of allylic oxidation sites excluding steroid dienone is 1. The van der Waals surface area contributed by atoms with Crippen LogP contribution in [0.4, 0.5) is 0 Å². The van der Waals surface area contributed by atoms with Crippen molar-refractivity contribution in [3.05, 3.63) is 41.1 Å². The molecule has 1 saturated heterocycles. The van der Waals surface area contributed by atoms with Gasteiger partial charge in [-0.15, -0.1) is 0 Å². The van der Waals surface area contributed by atoms with Gasteiger partial charge in [-0.1, -0.05) is 29.8 Å². The molecule has 0 spiro atoms. The van der Waals surface area contributed by atoms with Crippen LogP contribution in [0.25, 0.3) is 5.57 Å². The van der Waals surface area contributed by atoms with E-state index in [0.29, 0.717) is 0 Å². The number of hydrogen-bond acceptors (Lipinski definition) is 3. The summed E-state index contributed by atoms with van der Waals surface area (Å²) in [7, 11) is 0. The van der Waals surface area contributed by atoms with E-state index in [-0.39, 0.29) is 6.10 Å². The second-order valence-corrected chi connectivity index (χ2v) is 4.90. The monoisotopic (exact) mass is 262 g/mol. The van der Waals surface area contributed by atoms with E-state index in [0.717, 1.165) is 42.4 Å². The van der Waals surface area contributed by atoms with Crippen LogP contribution >= 0.6 is 11.6 Å². The molecule has 18 heavy (non-hydrogen) atoms. The molecule has 1 aromatic rings. The Morgan fingerprint density at radius 3 is 3.00 bits per heavy atom. The molecule has 1 fully saturated rings. The number of rotatable bonds is 2. The lowest BCUT2D eigenvalue weighted by Gasteiger charge is -2.23. The molecule has 4 heteroatoms. The molecule has 0 aliphatic carbocycles. The van der Waals surface area contributed by atoms with E-state index in [1.807, 2.05) is 30.5 Å². The van der Waals surface area contributed by atoms with Gasteiger partial charge in [0.1, 0.15) is 6.10 Å². The maximum absolute atomic E-state index is 6.20. The summed E-state index contributed by atoms with van der Waals surface area (Å²) in [6.07, 6.45) is 2.85. The molecule has 2 aliphatic heterocycles. The van der Waals surface area contributed by atoms with Gasteiger partial charge in [-0.3, -0.25) is 4.99 Å². The van der Waals surface area contributed by atoms with Gasteiger partial charge < -0.3 is 10.1 Å². The van der Waals surface area contributed by atoms with Crippen LogP contribution in [0, 0.1) is 0 Å². The summed E-state index contributed by atoms with van der Waals surface area (Å²) in [6, 6.07) is 7.89. The Hall–Kier alpha value is -1.16. The fraction of sp³-hybridized carbons (Fsp3) is 0.357. The maximum Gasteiger partial charge on any atom is 0.108 e. The molecule has 0 saturated carbocycles. The standard InChI is InChI=1S/C14H15ClN2O/c15-12-4-2-1-3-11(12)10-7-13(17-8-10)14-9-16-5-6-18-14/h1-4,8,14,16H,5-7,9H2. The van der Waals surface area contributed by atoms with Gasteiger partial charge in [-0.2, -0.15) is 0 Å². The predicted molar refractivity (Wildman–Crippen MR) is 74.1 cm³/mol. The number of nitrogens with one attached hydrogen (secondary N) is 1. The van der Waals surface area contributed by atoms with E-state index in [1.165, 1.54) is 5.57 Å². The minimum atomic E-state index is 0.106. The third kappa shape index (κ3) is 2.34. The van der Waals surface area contributed by atoms with Gasteiger partial charge in [0.05, 0.1) is 12.3 Å². The van der Waals surface area contributed by atoms with Gasteiger partial charge >= 0.3 is 0 Å². The van der Waals surface area contributed by atoms with Crippen molar-refractivity contribution in [2.45, 2.75) is 12.5 Å². The molecule has 1 unspecified atom stereocenters. The van der Waals surface area contributed by atoms with Gasteiger partial charge in [0, 0.05) is 30.7 Å². The number of benzene rings is 1. The van der Waals surface area contributed by atoms with Crippen LogP contribution in [0.2, 0.25) is 5.02 Å². The molecule has 2 heterocycles. The fourth-order valence-corrected chi connectivity index (χ4v) is 2.57. The van der Waals surface area contributed by atoms with Crippen molar-refractivity contribution in [1.29, 1.82) is 0 Å². The minimum Gasteiger partial charge on any atom is -0.370 e. The summed E-state index contributed by atoms with van der Waals surface area (Å²) in [5.74, 6) is 0. The van der Waals surface area contributed by atoms with Crippen molar-refractivity contribution in [3.63, 3.8) is 0 Å². The second kappa shape index (κ2) is 5.22. The fourth-order valence-electron chi connectivity index (χ4n) is 2.31. The molecule has 1 N–H and O–H groups in total. The molecule has 1 atom stereocenters. The molecule has 3 rings (SSSR count). The van der Waals surface area contributed by atoms with Crippen LogP contribution in [-0.4, -0.2) is 31.5 Å². The average Bonchev–Trinajstić information content (AvgIpc) is 2.90. The first-order chi connectivity index (χ1) is 8.84. The first kappa shape index (κ1) is 11.9. The smallest absolute Gasteiger partial charge is 0.108 e. The van der Waals surface area contributed by atoms with Crippen LogP contribution in [0.5, 0.6) is 0 Å². The normalized spacial score (nSPS) is 23.7. The summed E-state index contributed by atoms with van der Waals surface area (Å²) in [5, 5.41) is 4.10. The summed E-state index contributed by atoms with van der Waals surface area (Å²) in [6.45, 7) is 2.53. The first-order valence-corrected chi connectivity index (χ1v) is 6.55. The van der Waals surface area contributed by atoms with Gasteiger partial charge in [0.25, 0.3) is 0 Å². The number of ether oxygens (including phenoxy) is 1. The number of morpholine rings is 1. The van der Waals surface area contributed by atoms with Crippen molar-refractivity contribution in [2.75, 3.05) is 19.7 Å². The largest absolute Gasteiger partial charge is 0.370 e. The first-order valence-electron chi connectivity index (χ1n) is 6.17. The second-order valence-electron chi connectivity index (χ2n) is 4.49. The average molecular weight is 263 g/mol. The quantitative estimate of drug-likeness (QED) is 0.889. The van der Waals surface area contributed by atoms with Crippen molar-refractivity contribution >= 4 is 22.9 Å². The molecule has 0 aromatic heterocycles. The van der Waals surface area contributed by atoms with E-state index in [4.69, 9.17) is 16.3 Å². The molecule has 0 bridgehead atoms. The van der Waals surface area contributed by atoms with Crippen LogP contribution in [0.1, 0.15) is 12.0 Å². The topological polar surface area (TPSA) is 33.6 Å². The highest BCUT2D eigenvalue weighted by Gasteiger charge is 2.24. The Bertz CT molecular complexity index is 504. The Kier molecular flexibility index (Phi) is 3.46. The molecule has 0 radical (unpaired) electrons. The number of aliphatic imine (C=N–C) groups is 1. The zero-order valence-electron chi connectivity index (χ0n) is 10.0. The number of halogens is 1. The maximum atomic E-state index is 6.20. The van der Waals surface area contributed by atoms with Crippen LogP contribution < -0.4 is 5.32 Å². The third-order valence-electron chi connectivity index (χ3n) is 3.28. The molecular formula is C14H15ClN2O. The van der Waals surface area contributed by atoms with E-state index in [2.05, 4.69) is 10.3 Å². The van der Waals surface area contributed by atoms with Crippen molar-refractivity contribution < 1.29 is 4.74 Å². The molecule has 3 nitrogen and oxygen atoms in total. The van der Waals surface area contributed by atoms with Crippen LogP contribution in [0.15, 0.2) is 35.5 Å². The number of nitrogens with zero attached hydrogens (tertiary/aromatic N) is 1. The minimum absolute atomic E-state index is 0.106. The third-order valence-corrected chi connectivity index (χ3v) is 3.61. The van der Waals surface area contributed by atoms with Crippen molar-refractivity contribution in [3.8, 4) is 0 Å². The van der Waals surface area contributed by atoms with E-state index >= 15 is 0 Å². The lowest BCUT2D eigenvalue weighted by Crippen LogP contribution is -2.42. The highest BCUT2D eigenvalue weighted by atomic mass is 35.5. The zero-order valence-corrected chi connectivity index (χ0v) is 10.8. The summed E-state index contributed by atoms with van der Waals surface area (Å²) in [4.78, 5) is 4.49. The lowest BCUT2D eigenvalue weighted by molar-refractivity contribution is 0.0705. The highest BCUT2D eigenvalue weighted by Crippen LogP contribution is 2.30. The SMILES string of the molecule is Clc1ccccc1C1=CN=C(C2CNCCO2)C1. The van der Waals surface area contributed by atoms with Crippen molar-refractivity contribution in [1.82, 2.24) is 5.32 Å². The van der Waals surface area contributed by atoms with Gasteiger partial charge in [0.15, 0.2) is 0 Å². The summed E-state index contributed by atoms with van der Waals surface area (Å²) >= 11 is 6.20. The van der Waals surface area contributed by atoms with Crippen LogP contribution in [0.3, 0.4) is 0 Å². The summed E-state index contributed by atoms with van der Waals surface area (Å²) in [5.41, 5.74) is 3.34. The van der Waals surface area contributed by atoms with Crippen LogP contribution in [-0.2, 0) is 4.74 Å². The van der Waals surface area contributed by atoms with Crippen molar-refractivity contribution in [2.24, 2.45) is 4.99 Å². The Labute approximate surface area is 112 Å². The Morgan fingerprint density at radius 2 is 2.22 bits per heavy atom. The molecule has 0 amide bonds. The Morgan fingerprint density at radius 1 is 1.33 bits per heavy atom. The Balaban J connectivity index is 1.72. The summed E-state index contributed by atoms with van der Waals surface area (Å²) < 4.78 is 5.72. The highest BCUT2D eigenvalue weighted by molar-refractivity contribution is 6.32. The number of hydrogen-bond donors (Lipinski definition) is 1. The van der Waals surface area contributed by atoms with Gasteiger partial charge in [-0.05, 0) is 17.2 Å². The van der Waals surface area contributed by atoms with Gasteiger partial charge in [0.2, 0.25) is 0 Å². The predicted octanol–water partition coefficient (Wildman–Crippen LogP) is 2.51. The van der Waals surface area contributed by atoms with Gasteiger partial charge in [-0.25, -0.2) is 0 Å². The molecule has 1 aromatic carbocycles. The lowest BCUT2D eigenvalue weighted by atomic mass is 10.0. The van der Waals surface area contributed by atoms with E-state index in [1.54, 1.807) is 0 Å².